The molecule has 2 unspecified atom stereocenters. The van der Waals surface area contributed by atoms with E-state index in [1.165, 1.54) is 4.88 Å². The average Bonchev–Trinajstić information content (AvgIpc) is 2.78. The summed E-state index contributed by atoms with van der Waals surface area (Å²) in [7, 11) is -0.800. The molecule has 0 bridgehead atoms. The number of aryl methyl sites for hydroxylation is 1. The Hall–Kier alpha value is -1.25. The third-order valence-electron chi connectivity index (χ3n) is 3.05. The summed E-state index contributed by atoms with van der Waals surface area (Å²) in [6.07, 6.45) is 2.55. The first-order chi connectivity index (χ1) is 9.51. The summed E-state index contributed by atoms with van der Waals surface area (Å²) in [6.45, 7) is 4.73. The first-order valence-corrected chi connectivity index (χ1v) is 8.76. The minimum Gasteiger partial charge on any atom is -0.369 e. The molecule has 0 saturated carbocycles. The van der Waals surface area contributed by atoms with Gasteiger partial charge in [-0.3, -0.25) is 9.63 Å². The molecule has 0 radical (unpaired) electrons. The summed E-state index contributed by atoms with van der Waals surface area (Å²) in [4.78, 5) is 10.8. The fourth-order valence-corrected chi connectivity index (χ4v) is 3.13. The Morgan fingerprint density at radius 2 is 2.25 bits per heavy atom. The van der Waals surface area contributed by atoms with Gasteiger partial charge in [-0.05, 0) is 19.4 Å². The maximum Gasteiger partial charge on any atom is 0.240 e. The molecule has 2 aromatic heterocycles. The molecule has 2 atom stereocenters. The zero-order valence-corrected chi connectivity index (χ0v) is 13.4. The predicted octanol–water partition coefficient (Wildman–Crippen LogP) is 1.85. The Morgan fingerprint density at radius 1 is 1.50 bits per heavy atom. The van der Waals surface area contributed by atoms with Crippen LogP contribution in [0.1, 0.15) is 18.2 Å². The number of nitrogens with two attached hydrogens (primary N) is 1. The quantitative estimate of drug-likeness (QED) is 0.557. The Balaban J connectivity index is 2.17. The molecule has 2 aromatic rings. The Labute approximate surface area is 124 Å². The first kappa shape index (κ1) is 15.1. The zero-order valence-electron chi connectivity index (χ0n) is 11.8. The molecule has 8 heteroatoms. The number of hydrogen-bond acceptors (Lipinski definition) is 7. The van der Waals surface area contributed by atoms with Crippen molar-refractivity contribution in [2.75, 3.05) is 23.5 Å². The second-order valence-corrected chi connectivity index (χ2v) is 7.68. The molecule has 0 spiro atoms. The van der Waals surface area contributed by atoms with E-state index in [4.69, 9.17) is 5.84 Å². The number of nitrogens with one attached hydrogen (secondary N) is 2. The molecule has 0 aliphatic carbocycles. The Kier molecular flexibility index (Phi) is 4.90. The minimum atomic E-state index is -0.800. The van der Waals surface area contributed by atoms with E-state index in [1.807, 2.05) is 13.8 Å². The summed E-state index contributed by atoms with van der Waals surface area (Å²) in [5, 5.41) is 4.45. The zero-order chi connectivity index (χ0) is 14.7. The van der Waals surface area contributed by atoms with Crippen LogP contribution < -0.4 is 16.6 Å². The molecule has 4 N–H and O–H groups in total. The van der Waals surface area contributed by atoms with Gasteiger partial charge in [-0.1, -0.05) is 6.92 Å². The largest absolute Gasteiger partial charge is 0.369 e. The van der Waals surface area contributed by atoms with Crippen LogP contribution in [-0.2, 0) is 10.8 Å². The molecule has 2 rings (SSSR count). The van der Waals surface area contributed by atoms with E-state index in [9.17, 15) is 4.21 Å². The molecule has 0 saturated heterocycles. The highest BCUT2D eigenvalue weighted by Gasteiger charge is 2.11. The highest BCUT2D eigenvalue weighted by Crippen LogP contribution is 2.29. The van der Waals surface area contributed by atoms with Gasteiger partial charge in [0.25, 0.3) is 0 Å². The van der Waals surface area contributed by atoms with Gasteiger partial charge in [0, 0.05) is 33.7 Å². The Morgan fingerprint density at radius 3 is 2.90 bits per heavy atom. The molecule has 110 valence electrons. The summed E-state index contributed by atoms with van der Waals surface area (Å²) >= 11 is 1.61. The summed E-state index contributed by atoms with van der Waals surface area (Å²) in [6, 6.07) is 2.06. The molecule has 0 aliphatic heterocycles. The lowest BCUT2D eigenvalue weighted by Gasteiger charge is -2.11. The highest BCUT2D eigenvalue weighted by molar-refractivity contribution is 7.84. The van der Waals surface area contributed by atoms with Crippen LogP contribution in [0.25, 0.3) is 10.2 Å². The van der Waals surface area contributed by atoms with E-state index in [0.717, 1.165) is 22.5 Å². The van der Waals surface area contributed by atoms with Crippen LogP contribution in [0.2, 0.25) is 0 Å². The van der Waals surface area contributed by atoms with Gasteiger partial charge in [-0.15, -0.1) is 11.3 Å². The van der Waals surface area contributed by atoms with E-state index < -0.39 is 10.8 Å². The number of thiophene rings is 1. The monoisotopic (exact) mass is 313 g/mol. The molecule has 0 amide bonds. The molecule has 0 aliphatic rings. The average molecular weight is 313 g/mol. The van der Waals surface area contributed by atoms with Gasteiger partial charge in [0.2, 0.25) is 5.95 Å². The van der Waals surface area contributed by atoms with Gasteiger partial charge < -0.3 is 5.32 Å². The fraction of sp³-hybridized carbons (Fsp3) is 0.500. The number of fused-ring (bicyclic) bond motifs is 1. The van der Waals surface area contributed by atoms with Crippen LogP contribution in [-0.4, -0.2) is 32.2 Å². The molecular weight excluding hydrogens is 294 g/mol. The van der Waals surface area contributed by atoms with Gasteiger partial charge in [0.15, 0.2) is 0 Å². The number of anilines is 2. The topological polar surface area (TPSA) is 92.9 Å². The van der Waals surface area contributed by atoms with Crippen LogP contribution in [0, 0.1) is 6.92 Å². The standard InChI is InChI=1S/C12H19N5OS2/c1-7-6-9-10(14-5-4-8(2)20(3)18)15-12(17-13)16-11(9)19-7/h6,8H,4-5,13H2,1-3H3,(H2,14,15,16,17). The van der Waals surface area contributed by atoms with Crippen LogP contribution >= 0.6 is 11.3 Å². The number of nitrogen functional groups attached to an aromatic ring is 1. The van der Waals surface area contributed by atoms with E-state index in [2.05, 4.69) is 26.8 Å². The molecule has 0 fully saturated rings. The number of hydrogen-bond donors (Lipinski definition) is 3. The van der Waals surface area contributed by atoms with Crippen molar-refractivity contribution in [3.05, 3.63) is 10.9 Å². The normalized spacial score (nSPS) is 14.2. The van der Waals surface area contributed by atoms with Gasteiger partial charge in [0.1, 0.15) is 10.6 Å². The second kappa shape index (κ2) is 6.47. The van der Waals surface area contributed by atoms with Gasteiger partial charge >= 0.3 is 0 Å². The van der Waals surface area contributed by atoms with Crippen LogP contribution in [0.3, 0.4) is 0 Å². The van der Waals surface area contributed by atoms with Gasteiger partial charge in [-0.25, -0.2) is 10.8 Å². The second-order valence-electron chi connectivity index (χ2n) is 4.64. The predicted molar refractivity (Wildman–Crippen MR) is 86.6 cm³/mol. The lowest BCUT2D eigenvalue weighted by Crippen LogP contribution is -2.16. The molecule has 0 aromatic carbocycles. The van der Waals surface area contributed by atoms with Crippen molar-refractivity contribution in [3.63, 3.8) is 0 Å². The number of rotatable bonds is 6. The molecular formula is C12H19N5OS2. The smallest absolute Gasteiger partial charge is 0.240 e. The Bertz CT molecular complexity index is 628. The molecule has 2 heterocycles. The summed E-state index contributed by atoms with van der Waals surface area (Å²) < 4.78 is 11.3. The van der Waals surface area contributed by atoms with Crippen molar-refractivity contribution in [3.8, 4) is 0 Å². The van der Waals surface area contributed by atoms with E-state index in [0.29, 0.717) is 12.5 Å². The maximum absolute atomic E-state index is 11.3. The maximum atomic E-state index is 11.3. The van der Waals surface area contributed by atoms with Crippen LogP contribution in [0.15, 0.2) is 6.07 Å². The first-order valence-electron chi connectivity index (χ1n) is 6.32. The van der Waals surface area contributed by atoms with Crippen molar-refractivity contribution < 1.29 is 4.21 Å². The minimum absolute atomic E-state index is 0.163. The lowest BCUT2D eigenvalue weighted by atomic mass is 10.3. The van der Waals surface area contributed by atoms with Crippen LogP contribution in [0.5, 0.6) is 0 Å². The van der Waals surface area contributed by atoms with Crippen molar-refractivity contribution >= 4 is 44.1 Å². The van der Waals surface area contributed by atoms with Gasteiger partial charge in [0.05, 0.1) is 5.39 Å². The van der Waals surface area contributed by atoms with Crippen molar-refractivity contribution in [2.45, 2.75) is 25.5 Å². The highest BCUT2D eigenvalue weighted by atomic mass is 32.2. The third kappa shape index (κ3) is 3.44. The summed E-state index contributed by atoms with van der Waals surface area (Å²) in [5.41, 5.74) is 2.48. The van der Waals surface area contributed by atoms with E-state index >= 15 is 0 Å². The fourth-order valence-electron chi connectivity index (χ4n) is 1.80. The molecule has 6 nitrogen and oxygen atoms in total. The van der Waals surface area contributed by atoms with Crippen molar-refractivity contribution in [1.29, 1.82) is 0 Å². The lowest BCUT2D eigenvalue weighted by molar-refractivity contribution is 0.672. The third-order valence-corrected chi connectivity index (χ3v) is 5.37. The van der Waals surface area contributed by atoms with Crippen LogP contribution in [0.4, 0.5) is 11.8 Å². The summed E-state index contributed by atoms with van der Waals surface area (Å²) in [5.74, 6) is 6.56. The number of hydrazine groups is 1. The molecule has 20 heavy (non-hydrogen) atoms. The van der Waals surface area contributed by atoms with E-state index in [-0.39, 0.29) is 5.25 Å². The van der Waals surface area contributed by atoms with Crippen molar-refractivity contribution in [1.82, 2.24) is 9.97 Å². The SMILES string of the molecule is Cc1cc2c(NCCC(C)S(C)=O)nc(NN)nc2s1. The van der Waals surface area contributed by atoms with E-state index in [1.54, 1.807) is 17.6 Å². The van der Waals surface area contributed by atoms with Gasteiger partial charge in [-0.2, -0.15) is 4.98 Å². The number of nitrogens with zero attached hydrogens (tertiary/aromatic N) is 2. The van der Waals surface area contributed by atoms with Crippen molar-refractivity contribution in [2.24, 2.45) is 5.84 Å². The number of aromatic nitrogens is 2.